The molecular formula is C17H25N3O. The van der Waals surface area contributed by atoms with Crippen LogP contribution in [-0.2, 0) is 4.79 Å². The summed E-state index contributed by atoms with van der Waals surface area (Å²) in [4.78, 5) is 15.6. The Hall–Kier alpha value is -1.81. The molecule has 1 heterocycles. The first-order valence-corrected chi connectivity index (χ1v) is 7.52. The fourth-order valence-electron chi connectivity index (χ4n) is 2.62. The van der Waals surface area contributed by atoms with E-state index in [1.165, 1.54) is 11.3 Å². The normalized spacial score (nSPS) is 17.2. The summed E-state index contributed by atoms with van der Waals surface area (Å²) in [6.45, 7) is 2.84. The van der Waals surface area contributed by atoms with Gasteiger partial charge in [0.1, 0.15) is 0 Å². The Labute approximate surface area is 127 Å². The molecule has 0 unspecified atom stereocenters. The van der Waals surface area contributed by atoms with Crippen LogP contribution in [0, 0.1) is 5.92 Å². The van der Waals surface area contributed by atoms with E-state index in [1.54, 1.807) is 0 Å². The Kier molecular flexibility index (Phi) is 5.39. The molecule has 1 saturated heterocycles. The SMILES string of the molecule is CN(C)c1ccc(/C=C/CN2CCC(C(N)=O)CC2)cc1. The molecule has 0 bridgehead atoms. The fraction of sp³-hybridized carbons (Fsp3) is 0.471. The van der Waals surface area contributed by atoms with Crippen LogP contribution in [-0.4, -0.2) is 44.5 Å². The van der Waals surface area contributed by atoms with E-state index in [-0.39, 0.29) is 11.8 Å². The highest BCUT2D eigenvalue weighted by molar-refractivity contribution is 5.76. The lowest BCUT2D eigenvalue weighted by atomic mass is 9.96. The Morgan fingerprint density at radius 3 is 2.43 bits per heavy atom. The van der Waals surface area contributed by atoms with Gasteiger partial charge in [-0.1, -0.05) is 24.3 Å². The Morgan fingerprint density at radius 1 is 1.29 bits per heavy atom. The number of amides is 1. The van der Waals surface area contributed by atoms with Gasteiger partial charge in [-0.15, -0.1) is 0 Å². The summed E-state index contributed by atoms with van der Waals surface area (Å²) in [6, 6.07) is 8.51. The van der Waals surface area contributed by atoms with Gasteiger partial charge in [0.2, 0.25) is 5.91 Å². The number of nitrogens with zero attached hydrogens (tertiary/aromatic N) is 2. The Morgan fingerprint density at radius 2 is 1.90 bits per heavy atom. The number of piperidine rings is 1. The minimum atomic E-state index is -0.147. The van der Waals surface area contributed by atoms with E-state index in [9.17, 15) is 4.79 Å². The molecular weight excluding hydrogens is 262 g/mol. The number of anilines is 1. The first kappa shape index (κ1) is 15.6. The molecule has 114 valence electrons. The summed E-state index contributed by atoms with van der Waals surface area (Å²) in [6.07, 6.45) is 6.12. The molecule has 4 heteroatoms. The zero-order valence-corrected chi connectivity index (χ0v) is 13.0. The standard InChI is InChI=1S/C17H25N3O/c1-19(2)16-7-5-14(6-8-16)4-3-11-20-12-9-15(10-13-20)17(18)21/h3-8,15H,9-13H2,1-2H3,(H2,18,21)/b4-3+. The lowest BCUT2D eigenvalue weighted by Crippen LogP contribution is -2.38. The second kappa shape index (κ2) is 7.27. The van der Waals surface area contributed by atoms with E-state index in [0.717, 1.165) is 32.5 Å². The van der Waals surface area contributed by atoms with Crippen molar-refractivity contribution in [2.24, 2.45) is 11.7 Å². The lowest BCUT2D eigenvalue weighted by molar-refractivity contribution is -0.123. The molecule has 0 radical (unpaired) electrons. The summed E-state index contributed by atoms with van der Waals surface area (Å²) in [7, 11) is 4.08. The number of benzene rings is 1. The van der Waals surface area contributed by atoms with Crippen molar-refractivity contribution in [1.82, 2.24) is 4.90 Å². The Bertz CT molecular complexity index is 485. The van der Waals surface area contributed by atoms with Gasteiger partial charge in [-0.25, -0.2) is 0 Å². The van der Waals surface area contributed by atoms with Crippen LogP contribution < -0.4 is 10.6 Å². The minimum absolute atomic E-state index is 0.0730. The van der Waals surface area contributed by atoms with Crippen LogP contribution in [0.2, 0.25) is 0 Å². The average molecular weight is 287 g/mol. The Balaban J connectivity index is 1.79. The molecule has 1 fully saturated rings. The molecule has 1 aromatic carbocycles. The summed E-state index contributed by atoms with van der Waals surface area (Å²) < 4.78 is 0. The van der Waals surface area contributed by atoms with Crippen molar-refractivity contribution in [2.45, 2.75) is 12.8 Å². The van der Waals surface area contributed by atoms with Crippen LogP contribution in [0.1, 0.15) is 18.4 Å². The summed E-state index contributed by atoms with van der Waals surface area (Å²) in [5.74, 6) is -0.0741. The smallest absolute Gasteiger partial charge is 0.220 e. The van der Waals surface area contributed by atoms with Gasteiger partial charge in [0.25, 0.3) is 0 Å². The topological polar surface area (TPSA) is 49.6 Å². The van der Waals surface area contributed by atoms with Gasteiger partial charge in [-0.05, 0) is 43.6 Å². The quantitative estimate of drug-likeness (QED) is 0.900. The summed E-state index contributed by atoms with van der Waals surface area (Å²) in [5, 5.41) is 0. The van der Waals surface area contributed by atoms with Crippen LogP contribution in [0.5, 0.6) is 0 Å². The van der Waals surface area contributed by atoms with Crippen LogP contribution in [0.4, 0.5) is 5.69 Å². The summed E-state index contributed by atoms with van der Waals surface area (Å²) >= 11 is 0. The largest absolute Gasteiger partial charge is 0.378 e. The van der Waals surface area contributed by atoms with Crippen LogP contribution in [0.3, 0.4) is 0 Å². The van der Waals surface area contributed by atoms with Gasteiger partial charge in [-0.2, -0.15) is 0 Å². The molecule has 1 aliphatic heterocycles. The third-order valence-electron chi connectivity index (χ3n) is 4.07. The van der Waals surface area contributed by atoms with E-state index in [0.29, 0.717) is 0 Å². The number of primary amides is 1. The number of carbonyl (C=O) groups is 1. The minimum Gasteiger partial charge on any atom is -0.378 e. The van der Waals surface area contributed by atoms with Crippen LogP contribution in [0.25, 0.3) is 6.08 Å². The number of carbonyl (C=O) groups excluding carboxylic acids is 1. The van der Waals surface area contributed by atoms with Crippen molar-refractivity contribution in [1.29, 1.82) is 0 Å². The molecule has 2 N–H and O–H groups in total. The van der Waals surface area contributed by atoms with Crippen LogP contribution in [0.15, 0.2) is 30.3 Å². The van der Waals surface area contributed by atoms with Gasteiger partial charge in [0.05, 0.1) is 0 Å². The fourth-order valence-corrected chi connectivity index (χ4v) is 2.62. The van der Waals surface area contributed by atoms with Gasteiger partial charge >= 0.3 is 0 Å². The van der Waals surface area contributed by atoms with Crippen LogP contribution >= 0.6 is 0 Å². The number of rotatable bonds is 5. The molecule has 0 atom stereocenters. The van der Waals surface area contributed by atoms with Crippen molar-refractivity contribution in [3.63, 3.8) is 0 Å². The highest BCUT2D eigenvalue weighted by Gasteiger charge is 2.21. The van der Waals surface area contributed by atoms with Crippen molar-refractivity contribution >= 4 is 17.7 Å². The molecule has 2 rings (SSSR count). The zero-order chi connectivity index (χ0) is 15.2. The molecule has 4 nitrogen and oxygen atoms in total. The molecule has 0 aromatic heterocycles. The maximum atomic E-state index is 11.1. The maximum absolute atomic E-state index is 11.1. The third-order valence-corrected chi connectivity index (χ3v) is 4.07. The van der Waals surface area contributed by atoms with E-state index in [2.05, 4.69) is 46.2 Å². The molecule has 21 heavy (non-hydrogen) atoms. The van der Waals surface area contributed by atoms with Crippen molar-refractivity contribution < 1.29 is 4.79 Å². The van der Waals surface area contributed by atoms with Gasteiger partial charge in [0, 0.05) is 32.2 Å². The highest BCUT2D eigenvalue weighted by atomic mass is 16.1. The second-order valence-electron chi connectivity index (χ2n) is 5.87. The summed E-state index contributed by atoms with van der Waals surface area (Å²) in [5.41, 5.74) is 7.77. The monoisotopic (exact) mass is 287 g/mol. The predicted octanol–water partition coefficient (Wildman–Crippen LogP) is 1.96. The lowest BCUT2D eigenvalue weighted by Gasteiger charge is -2.29. The van der Waals surface area contributed by atoms with E-state index in [4.69, 9.17) is 5.73 Å². The second-order valence-corrected chi connectivity index (χ2v) is 5.87. The first-order valence-electron chi connectivity index (χ1n) is 7.52. The highest BCUT2D eigenvalue weighted by Crippen LogP contribution is 2.17. The molecule has 1 amide bonds. The number of hydrogen-bond acceptors (Lipinski definition) is 3. The number of nitrogens with two attached hydrogens (primary N) is 1. The average Bonchev–Trinajstić information content (AvgIpc) is 2.48. The molecule has 1 aliphatic rings. The molecule has 0 spiro atoms. The van der Waals surface area contributed by atoms with E-state index in [1.807, 2.05) is 14.1 Å². The molecule has 0 saturated carbocycles. The molecule has 1 aromatic rings. The third kappa shape index (κ3) is 4.60. The van der Waals surface area contributed by atoms with Gasteiger partial charge in [-0.3, -0.25) is 9.69 Å². The predicted molar refractivity (Wildman–Crippen MR) is 88.2 cm³/mol. The first-order chi connectivity index (χ1) is 10.1. The number of hydrogen-bond donors (Lipinski definition) is 1. The van der Waals surface area contributed by atoms with Crippen molar-refractivity contribution in [2.75, 3.05) is 38.6 Å². The van der Waals surface area contributed by atoms with Crippen molar-refractivity contribution in [3.8, 4) is 0 Å². The zero-order valence-electron chi connectivity index (χ0n) is 13.0. The van der Waals surface area contributed by atoms with E-state index >= 15 is 0 Å². The van der Waals surface area contributed by atoms with Gasteiger partial charge < -0.3 is 10.6 Å². The maximum Gasteiger partial charge on any atom is 0.220 e. The number of likely N-dealkylation sites (tertiary alicyclic amines) is 1. The van der Waals surface area contributed by atoms with Gasteiger partial charge in [0.15, 0.2) is 0 Å². The van der Waals surface area contributed by atoms with Crippen molar-refractivity contribution in [3.05, 3.63) is 35.9 Å². The molecule has 0 aliphatic carbocycles. The van der Waals surface area contributed by atoms with E-state index < -0.39 is 0 Å².